The number of ketones is 1. The van der Waals surface area contributed by atoms with Crippen molar-refractivity contribution >= 4 is 24.0 Å². The molecule has 0 amide bonds. The van der Waals surface area contributed by atoms with Crippen molar-refractivity contribution in [1.29, 1.82) is 0 Å². The van der Waals surface area contributed by atoms with Gasteiger partial charge in [-0.2, -0.15) is 0 Å². The molecule has 0 heterocycles. The normalized spacial score (nSPS) is 39.9. The first-order valence-electron chi connectivity index (χ1n) is 17.5. The second-order valence-corrected chi connectivity index (χ2v) is 18.1. The SMILES string of the molecule is C=C1C2CC[C@]3(C)[C@H](CC[C@@H]4C5=C(C(C)C)C(=O)C[C@]5(C=O)CC[C@]43C)[C@@]2(C)CC[C@@H]1OC(=O)CC(C)(C)C(=O)OC(C)(C)C. The lowest BCUT2D eigenvalue weighted by Gasteiger charge is -2.70. The number of allylic oxidation sites excluding steroid dienone is 2. The summed E-state index contributed by atoms with van der Waals surface area (Å²) in [4.78, 5) is 52.0. The maximum absolute atomic E-state index is 13.3. The van der Waals surface area contributed by atoms with Crippen LogP contribution in [0.3, 0.4) is 0 Å². The van der Waals surface area contributed by atoms with Crippen LogP contribution in [0.5, 0.6) is 0 Å². The van der Waals surface area contributed by atoms with Crippen molar-refractivity contribution in [3.63, 3.8) is 0 Å². The highest BCUT2D eigenvalue weighted by molar-refractivity contribution is 6.03. The monoisotopic (exact) mass is 622 g/mol. The van der Waals surface area contributed by atoms with E-state index in [1.165, 1.54) is 5.57 Å². The average Bonchev–Trinajstić information content (AvgIpc) is 3.22. The molecule has 0 aromatic heterocycles. The number of esters is 2. The predicted octanol–water partition coefficient (Wildman–Crippen LogP) is 8.37. The van der Waals surface area contributed by atoms with Crippen LogP contribution in [0.25, 0.3) is 0 Å². The molecule has 0 aromatic carbocycles. The molecule has 0 aromatic rings. The minimum Gasteiger partial charge on any atom is -0.460 e. The largest absolute Gasteiger partial charge is 0.460 e. The Morgan fingerprint density at radius 1 is 0.933 bits per heavy atom. The molecular weight excluding hydrogens is 564 g/mol. The van der Waals surface area contributed by atoms with Gasteiger partial charge >= 0.3 is 11.9 Å². The van der Waals surface area contributed by atoms with Crippen molar-refractivity contribution < 1.29 is 28.7 Å². The maximum Gasteiger partial charge on any atom is 0.312 e. The first-order chi connectivity index (χ1) is 20.7. The highest BCUT2D eigenvalue weighted by Gasteiger charge is 2.68. The van der Waals surface area contributed by atoms with E-state index in [0.29, 0.717) is 12.3 Å². The molecule has 250 valence electrons. The van der Waals surface area contributed by atoms with Gasteiger partial charge < -0.3 is 14.3 Å². The number of hydrogen-bond donors (Lipinski definition) is 0. The van der Waals surface area contributed by atoms with E-state index in [2.05, 4.69) is 41.2 Å². The third kappa shape index (κ3) is 5.19. The Hall–Kier alpha value is -2.24. The number of hydrogen-bond acceptors (Lipinski definition) is 6. The predicted molar refractivity (Wildman–Crippen MR) is 175 cm³/mol. The van der Waals surface area contributed by atoms with E-state index in [1.54, 1.807) is 13.8 Å². The zero-order chi connectivity index (χ0) is 33.5. The molecule has 6 heteroatoms. The van der Waals surface area contributed by atoms with Crippen LogP contribution in [0.15, 0.2) is 23.3 Å². The molecule has 0 radical (unpaired) electrons. The van der Waals surface area contributed by atoms with Crippen LogP contribution in [-0.4, -0.2) is 35.7 Å². The summed E-state index contributed by atoms with van der Waals surface area (Å²) in [5.41, 5.74) is 1.09. The van der Waals surface area contributed by atoms with Crippen molar-refractivity contribution in [2.45, 2.75) is 145 Å². The maximum atomic E-state index is 13.3. The fourth-order valence-corrected chi connectivity index (χ4v) is 11.1. The summed E-state index contributed by atoms with van der Waals surface area (Å²) < 4.78 is 11.6. The molecule has 4 saturated carbocycles. The third-order valence-corrected chi connectivity index (χ3v) is 13.6. The lowest BCUT2D eigenvalue weighted by molar-refractivity contribution is -0.192. The van der Waals surface area contributed by atoms with Crippen molar-refractivity contribution in [2.24, 2.45) is 50.7 Å². The van der Waals surface area contributed by atoms with Crippen molar-refractivity contribution in [2.75, 3.05) is 0 Å². The quantitative estimate of drug-likeness (QED) is 0.168. The summed E-state index contributed by atoms with van der Waals surface area (Å²) in [6, 6.07) is 0. The summed E-state index contributed by atoms with van der Waals surface area (Å²) in [6.07, 6.45) is 8.70. The van der Waals surface area contributed by atoms with Crippen molar-refractivity contribution in [1.82, 2.24) is 0 Å². The van der Waals surface area contributed by atoms with E-state index >= 15 is 0 Å². The van der Waals surface area contributed by atoms with Crippen LogP contribution >= 0.6 is 0 Å². The number of carbonyl (C=O) groups is 4. The molecule has 0 aliphatic heterocycles. The molecular formula is C39H58O6. The van der Waals surface area contributed by atoms with E-state index in [9.17, 15) is 19.2 Å². The molecule has 5 aliphatic rings. The van der Waals surface area contributed by atoms with E-state index in [0.717, 1.165) is 68.8 Å². The summed E-state index contributed by atoms with van der Waals surface area (Å²) in [5, 5.41) is 0. The van der Waals surface area contributed by atoms with Gasteiger partial charge in [0.05, 0.1) is 17.3 Å². The van der Waals surface area contributed by atoms with Gasteiger partial charge in [0, 0.05) is 6.42 Å². The first-order valence-corrected chi connectivity index (χ1v) is 17.5. The highest BCUT2D eigenvalue weighted by Crippen LogP contribution is 2.75. The molecule has 4 fully saturated rings. The van der Waals surface area contributed by atoms with Crippen molar-refractivity contribution in [3.8, 4) is 0 Å². The van der Waals surface area contributed by atoms with Crippen LogP contribution in [0, 0.1) is 50.7 Å². The van der Waals surface area contributed by atoms with Crippen LogP contribution < -0.4 is 0 Å². The van der Waals surface area contributed by atoms with E-state index in [4.69, 9.17) is 9.47 Å². The van der Waals surface area contributed by atoms with Gasteiger partial charge in [0.2, 0.25) is 0 Å². The van der Waals surface area contributed by atoms with Gasteiger partial charge in [-0.3, -0.25) is 14.4 Å². The molecule has 8 atom stereocenters. The second-order valence-electron chi connectivity index (χ2n) is 18.1. The third-order valence-electron chi connectivity index (χ3n) is 13.6. The second kappa shape index (κ2) is 10.9. The molecule has 0 saturated heterocycles. The van der Waals surface area contributed by atoms with Crippen molar-refractivity contribution in [3.05, 3.63) is 23.3 Å². The number of fused-ring (bicyclic) bond motifs is 7. The fourth-order valence-electron chi connectivity index (χ4n) is 11.1. The van der Waals surface area contributed by atoms with Crippen LogP contribution in [0.1, 0.15) is 133 Å². The lowest BCUT2D eigenvalue weighted by atomic mass is 9.34. The first kappa shape index (κ1) is 34.1. The Bertz CT molecular complexity index is 1330. The van der Waals surface area contributed by atoms with Gasteiger partial charge in [-0.1, -0.05) is 41.2 Å². The Labute approximate surface area is 271 Å². The van der Waals surface area contributed by atoms with E-state index in [1.807, 2.05) is 20.8 Å². The summed E-state index contributed by atoms with van der Waals surface area (Å²) in [5.74, 6) is 0.546. The van der Waals surface area contributed by atoms with Crippen LogP contribution in [0.4, 0.5) is 0 Å². The Kier molecular flexibility index (Phi) is 8.27. The lowest BCUT2D eigenvalue weighted by Crippen LogP contribution is -2.63. The highest BCUT2D eigenvalue weighted by atomic mass is 16.6. The van der Waals surface area contributed by atoms with Gasteiger partial charge in [-0.25, -0.2) is 0 Å². The molecule has 5 aliphatic carbocycles. The summed E-state index contributed by atoms with van der Waals surface area (Å²) >= 11 is 0. The van der Waals surface area contributed by atoms with E-state index < -0.39 is 22.4 Å². The Morgan fingerprint density at radius 2 is 1.60 bits per heavy atom. The number of Topliss-reactive ketones (excluding diaryl/α,β-unsaturated/α-hetero) is 1. The smallest absolute Gasteiger partial charge is 0.312 e. The number of rotatable bonds is 6. The van der Waals surface area contributed by atoms with Gasteiger partial charge in [-0.15, -0.1) is 0 Å². The summed E-state index contributed by atoms with van der Waals surface area (Å²) in [6.45, 7) is 25.2. The molecule has 1 unspecified atom stereocenters. The topological polar surface area (TPSA) is 86.7 Å². The standard InChI is InChI=1S/C39H58O6/c1-23(2)31-27(41)20-39(22-40)19-18-37(10)26(32(31)39)12-13-29-36(9)16-15-28(24(3)25(36)14-17-38(29,37)11)44-30(42)21-35(7,8)33(43)45-34(4,5)6/h22-23,25-26,28-29H,3,12-21H2,1-2,4-11H3/t25?,26-,28+,29-,36+,37-,38-,39+/m1/s1. The number of ether oxygens (including phenoxy) is 2. The molecule has 6 nitrogen and oxygen atoms in total. The minimum absolute atomic E-state index is 0.00833. The van der Waals surface area contributed by atoms with Crippen LogP contribution in [0.2, 0.25) is 0 Å². The zero-order valence-electron chi connectivity index (χ0n) is 29.7. The summed E-state index contributed by atoms with van der Waals surface area (Å²) in [7, 11) is 0. The average molecular weight is 623 g/mol. The van der Waals surface area contributed by atoms with Crippen LogP contribution in [-0.2, 0) is 28.7 Å². The molecule has 45 heavy (non-hydrogen) atoms. The van der Waals surface area contributed by atoms with Gasteiger partial charge in [0.1, 0.15) is 18.0 Å². The van der Waals surface area contributed by atoms with Gasteiger partial charge in [-0.05, 0) is 143 Å². The number of carbonyl (C=O) groups excluding carboxylic acids is 4. The van der Waals surface area contributed by atoms with Gasteiger partial charge in [0.15, 0.2) is 5.78 Å². The fraction of sp³-hybridized carbons (Fsp3) is 0.795. The molecule has 0 N–H and O–H groups in total. The Morgan fingerprint density at radius 3 is 2.20 bits per heavy atom. The Balaban J connectivity index is 1.36. The zero-order valence-corrected chi connectivity index (χ0v) is 29.7. The van der Waals surface area contributed by atoms with E-state index in [-0.39, 0.29) is 58.3 Å². The number of aldehydes is 1. The molecule has 0 bridgehead atoms. The molecule has 5 rings (SSSR count). The van der Waals surface area contributed by atoms with Gasteiger partial charge in [0.25, 0.3) is 0 Å². The molecule has 0 spiro atoms. The minimum atomic E-state index is -0.980.